The maximum Gasteiger partial charge on any atom is 0.152 e. The molecule has 0 spiro atoms. The van der Waals surface area contributed by atoms with Crippen LogP contribution in [-0.2, 0) is 4.79 Å². The third kappa shape index (κ3) is 2.01. The van der Waals surface area contributed by atoms with Crippen molar-refractivity contribution in [3.8, 4) is 0 Å². The van der Waals surface area contributed by atoms with Gasteiger partial charge in [0.1, 0.15) is 0 Å². The monoisotopic (exact) mass is 178 g/mol. The van der Waals surface area contributed by atoms with E-state index in [0.717, 1.165) is 11.8 Å². The zero-order valence-corrected chi connectivity index (χ0v) is 8.38. The summed E-state index contributed by atoms with van der Waals surface area (Å²) in [5.74, 6) is 2.06. The van der Waals surface area contributed by atoms with Crippen molar-refractivity contribution in [2.45, 2.75) is 45.4 Å². The first-order valence-corrected chi connectivity index (χ1v) is 5.45. The van der Waals surface area contributed by atoms with E-state index in [1.165, 1.54) is 44.1 Å². The molecular weight excluding hydrogens is 160 g/mol. The zero-order valence-electron chi connectivity index (χ0n) is 8.38. The summed E-state index contributed by atoms with van der Waals surface area (Å²) in [4.78, 5) is 10.9. The van der Waals surface area contributed by atoms with Gasteiger partial charge in [-0.2, -0.15) is 0 Å². The molecule has 13 heavy (non-hydrogen) atoms. The summed E-state index contributed by atoms with van der Waals surface area (Å²) < 4.78 is 0. The highest BCUT2D eigenvalue weighted by Gasteiger charge is 2.32. The van der Waals surface area contributed by atoms with Crippen LogP contribution in [0.25, 0.3) is 0 Å². The van der Waals surface area contributed by atoms with Crippen molar-refractivity contribution in [2.24, 2.45) is 11.8 Å². The van der Waals surface area contributed by atoms with E-state index in [4.69, 9.17) is 0 Å². The van der Waals surface area contributed by atoms with Crippen LogP contribution < -0.4 is 0 Å². The van der Waals surface area contributed by atoms with Gasteiger partial charge in [0.15, 0.2) is 5.78 Å². The third-order valence-electron chi connectivity index (χ3n) is 3.52. The van der Waals surface area contributed by atoms with E-state index < -0.39 is 0 Å². The highest BCUT2D eigenvalue weighted by molar-refractivity contribution is 5.88. The van der Waals surface area contributed by atoms with Crippen LogP contribution in [0.5, 0.6) is 0 Å². The van der Waals surface area contributed by atoms with Crippen molar-refractivity contribution >= 4 is 5.78 Å². The zero-order chi connectivity index (χ0) is 9.26. The summed E-state index contributed by atoms with van der Waals surface area (Å²) in [6, 6.07) is 0. The molecule has 1 heteroatoms. The summed E-state index contributed by atoms with van der Waals surface area (Å²) >= 11 is 0. The molecule has 2 fully saturated rings. The minimum absolute atomic E-state index is 0.230. The van der Waals surface area contributed by atoms with Crippen LogP contribution in [0.4, 0.5) is 0 Å². The lowest BCUT2D eigenvalue weighted by Crippen LogP contribution is -2.12. The Labute approximate surface area is 80.2 Å². The van der Waals surface area contributed by atoms with Crippen molar-refractivity contribution in [2.75, 3.05) is 0 Å². The largest absolute Gasteiger partial charge is 0.295 e. The Kier molecular flexibility index (Phi) is 2.52. The lowest BCUT2D eigenvalue weighted by Gasteiger charge is -2.23. The molecule has 72 valence electrons. The Morgan fingerprint density at radius 2 is 1.77 bits per heavy atom. The van der Waals surface area contributed by atoms with E-state index in [1.54, 1.807) is 6.92 Å². The van der Waals surface area contributed by atoms with Gasteiger partial charge in [0, 0.05) is 0 Å². The van der Waals surface area contributed by atoms with Gasteiger partial charge in [0.25, 0.3) is 0 Å². The van der Waals surface area contributed by atoms with Crippen LogP contribution in [0.1, 0.15) is 45.4 Å². The number of carbonyl (C=O) groups is 1. The molecule has 0 aromatic carbocycles. The molecule has 0 aromatic rings. The quantitative estimate of drug-likeness (QED) is 0.564. The fraction of sp³-hybridized carbons (Fsp3) is 0.750. The highest BCUT2D eigenvalue weighted by atomic mass is 16.1. The van der Waals surface area contributed by atoms with Gasteiger partial charge in [-0.3, -0.25) is 4.79 Å². The fourth-order valence-corrected chi connectivity index (χ4v) is 2.98. The summed E-state index contributed by atoms with van der Waals surface area (Å²) in [5.41, 5.74) is 1.42. The van der Waals surface area contributed by atoms with Gasteiger partial charge in [0.05, 0.1) is 0 Å². The van der Waals surface area contributed by atoms with Gasteiger partial charge >= 0.3 is 0 Å². The molecule has 0 aliphatic heterocycles. The Balaban J connectivity index is 2.02. The predicted octanol–water partition coefficient (Wildman–Crippen LogP) is 3.10. The number of hydrogen-bond acceptors (Lipinski definition) is 1. The Morgan fingerprint density at radius 1 is 1.23 bits per heavy atom. The first kappa shape index (κ1) is 8.98. The molecule has 0 amide bonds. The predicted molar refractivity (Wildman–Crippen MR) is 53.4 cm³/mol. The number of ketones is 1. The molecule has 2 aliphatic carbocycles. The molecule has 2 rings (SSSR count). The summed E-state index contributed by atoms with van der Waals surface area (Å²) in [5, 5.41) is 0. The number of rotatable bonds is 1. The van der Waals surface area contributed by atoms with Gasteiger partial charge in [-0.15, -0.1) is 0 Å². The van der Waals surface area contributed by atoms with E-state index in [1.807, 2.05) is 6.08 Å². The number of allylic oxidation sites excluding steroid dienone is 2. The van der Waals surface area contributed by atoms with Gasteiger partial charge in [-0.1, -0.05) is 18.4 Å². The molecule has 0 heterocycles. The average Bonchev–Trinajstić information content (AvgIpc) is 2.44. The SMILES string of the molecule is CC(=O)C=C1CC2CCCCC2C1. The molecule has 2 saturated carbocycles. The van der Waals surface area contributed by atoms with Crippen LogP contribution in [0, 0.1) is 11.8 Å². The van der Waals surface area contributed by atoms with Crippen LogP contribution in [-0.4, -0.2) is 5.78 Å². The number of fused-ring (bicyclic) bond motifs is 1. The lowest BCUT2D eigenvalue weighted by molar-refractivity contribution is -0.112. The molecule has 2 unspecified atom stereocenters. The van der Waals surface area contributed by atoms with Gasteiger partial charge < -0.3 is 0 Å². The smallest absolute Gasteiger partial charge is 0.152 e. The lowest BCUT2D eigenvalue weighted by atomic mass is 9.82. The maximum absolute atomic E-state index is 10.9. The van der Waals surface area contributed by atoms with Crippen molar-refractivity contribution in [3.63, 3.8) is 0 Å². The molecule has 0 saturated heterocycles. The summed E-state index contributed by atoms with van der Waals surface area (Å²) in [6.07, 6.45) is 9.93. The molecule has 0 aromatic heterocycles. The van der Waals surface area contributed by atoms with Gasteiger partial charge in [0.2, 0.25) is 0 Å². The highest BCUT2D eigenvalue weighted by Crippen LogP contribution is 2.44. The first-order valence-electron chi connectivity index (χ1n) is 5.45. The average molecular weight is 178 g/mol. The minimum atomic E-state index is 0.230. The molecule has 2 aliphatic rings. The normalized spacial score (nSPS) is 32.8. The van der Waals surface area contributed by atoms with Crippen LogP contribution >= 0.6 is 0 Å². The molecule has 1 nitrogen and oxygen atoms in total. The van der Waals surface area contributed by atoms with E-state index in [2.05, 4.69) is 0 Å². The van der Waals surface area contributed by atoms with Gasteiger partial charge in [-0.25, -0.2) is 0 Å². The summed E-state index contributed by atoms with van der Waals surface area (Å²) in [6.45, 7) is 1.66. The van der Waals surface area contributed by atoms with Crippen molar-refractivity contribution in [1.29, 1.82) is 0 Å². The number of hydrogen-bond donors (Lipinski definition) is 0. The van der Waals surface area contributed by atoms with Crippen LogP contribution in [0.3, 0.4) is 0 Å². The van der Waals surface area contributed by atoms with E-state index in [-0.39, 0.29) is 5.78 Å². The Hall–Kier alpha value is -0.590. The van der Waals surface area contributed by atoms with Gasteiger partial charge in [-0.05, 0) is 50.5 Å². The Morgan fingerprint density at radius 3 is 2.23 bits per heavy atom. The maximum atomic E-state index is 10.9. The molecule has 0 N–H and O–H groups in total. The number of carbonyl (C=O) groups excluding carboxylic acids is 1. The topological polar surface area (TPSA) is 17.1 Å². The third-order valence-corrected chi connectivity index (χ3v) is 3.52. The minimum Gasteiger partial charge on any atom is -0.295 e. The van der Waals surface area contributed by atoms with Crippen molar-refractivity contribution in [3.05, 3.63) is 11.6 Å². The first-order chi connectivity index (χ1) is 6.25. The van der Waals surface area contributed by atoms with Crippen molar-refractivity contribution < 1.29 is 4.79 Å². The Bertz CT molecular complexity index is 224. The standard InChI is InChI=1S/C12H18O/c1-9(13)6-10-7-11-4-2-3-5-12(11)8-10/h6,11-12H,2-5,7-8H2,1H3. The molecule has 2 atom stereocenters. The van der Waals surface area contributed by atoms with E-state index in [9.17, 15) is 4.79 Å². The van der Waals surface area contributed by atoms with Crippen molar-refractivity contribution in [1.82, 2.24) is 0 Å². The fourth-order valence-electron chi connectivity index (χ4n) is 2.98. The second kappa shape index (κ2) is 3.65. The molecule has 0 bridgehead atoms. The van der Waals surface area contributed by atoms with Crippen LogP contribution in [0.2, 0.25) is 0 Å². The molecule has 0 radical (unpaired) electrons. The van der Waals surface area contributed by atoms with E-state index >= 15 is 0 Å². The second-order valence-electron chi connectivity index (χ2n) is 4.63. The summed E-state index contributed by atoms with van der Waals surface area (Å²) in [7, 11) is 0. The van der Waals surface area contributed by atoms with E-state index in [0.29, 0.717) is 0 Å². The second-order valence-corrected chi connectivity index (χ2v) is 4.63. The molecular formula is C12H18O. The van der Waals surface area contributed by atoms with Crippen LogP contribution in [0.15, 0.2) is 11.6 Å².